The van der Waals surface area contributed by atoms with E-state index in [0.29, 0.717) is 23.5 Å². The minimum absolute atomic E-state index is 0.0384. The zero-order valence-electron chi connectivity index (χ0n) is 12.3. The Hall–Kier alpha value is -2.56. The van der Waals surface area contributed by atoms with Gasteiger partial charge in [-0.3, -0.25) is 9.78 Å². The largest absolute Gasteiger partial charge is 0.399 e. The molecule has 0 aliphatic heterocycles. The number of aromatic nitrogens is 1. The summed E-state index contributed by atoms with van der Waals surface area (Å²) < 4.78 is 0. The van der Waals surface area contributed by atoms with Gasteiger partial charge in [-0.1, -0.05) is 6.07 Å². The quantitative estimate of drug-likeness (QED) is 0.844. The molecule has 0 aliphatic carbocycles. The second-order valence-corrected chi connectivity index (χ2v) is 5.19. The summed E-state index contributed by atoms with van der Waals surface area (Å²) in [5.41, 5.74) is 13.8. The topological polar surface area (TPSA) is 85.2 Å². The summed E-state index contributed by atoms with van der Waals surface area (Å²) in [6, 6.07) is 10.6. The SMILES string of the molecule is CC(C)N(Cc1ccccn1)C(=O)c1ccc(N)cc1N. The van der Waals surface area contributed by atoms with Gasteiger partial charge >= 0.3 is 0 Å². The maximum absolute atomic E-state index is 12.7. The van der Waals surface area contributed by atoms with Crippen LogP contribution >= 0.6 is 0 Å². The number of nitrogens with two attached hydrogens (primary N) is 2. The Balaban J connectivity index is 2.27. The highest BCUT2D eigenvalue weighted by molar-refractivity contribution is 5.99. The van der Waals surface area contributed by atoms with Crippen LogP contribution in [0.5, 0.6) is 0 Å². The molecule has 1 amide bonds. The Labute approximate surface area is 124 Å². The number of nitrogens with zero attached hydrogens (tertiary/aromatic N) is 2. The average Bonchev–Trinajstić information content (AvgIpc) is 2.45. The maximum atomic E-state index is 12.7. The van der Waals surface area contributed by atoms with Crippen LogP contribution in [0.3, 0.4) is 0 Å². The fourth-order valence-corrected chi connectivity index (χ4v) is 2.09. The number of carbonyl (C=O) groups excluding carboxylic acids is 1. The Morgan fingerprint density at radius 1 is 1.24 bits per heavy atom. The molecule has 5 heteroatoms. The van der Waals surface area contributed by atoms with E-state index in [1.807, 2.05) is 32.0 Å². The zero-order valence-corrected chi connectivity index (χ0v) is 12.3. The van der Waals surface area contributed by atoms with Gasteiger partial charge in [-0.05, 0) is 44.2 Å². The second kappa shape index (κ2) is 6.26. The molecular weight excluding hydrogens is 264 g/mol. The van der Waals surface area contributed by atoms with E-state index in [1.54, 1.807) is 29.3 Å². The first-order valence-electron chi connectivity index (χ1n) is 6.85. The highest BCUT2D eigenvalue weighted by atomic mass is 16.2. The van der Waals surface area contributed by atoms with Gasteiger partial charge in [-0.15, -0.1) is 0 Å². The van der Waals surface area contributed by atoms with E-state index >= 15 is 0 Å². The van der Waals surface area contributed by atoms with Crippen LogP contribution in [0.4, 0.5) is 11.4 Å². The fourth-order valence-electron chi connectivity index (χ4n) is 2.09. The lowest BCUT2D eigenvalue weighted by Crippen LogP contribution is -2.37. The van der Waals surface area contributed by atoms with Crippen molar-refractivity contribution in [2.24, 2.45) is 0 Å². The molecule has 2 rings (SSSR count). The normalized spacial score (nSPS) is 10.6. The smallest absolute Gasteiger partial charge is 0.256 e. The predicted octanol–water partition coefficient (Wildman–Crippen LogP) is 2.30. The van der Waals surface area contributed by atoms with Crippen molar-refractivity contribution in [3.05, 3.63) is 53.9 Å². The van der Waals surface area contributed by atoms with Crippen molar-refractivity contribution in [3.63, 3.8) is 0 Å². The molecule has 0 atom stereocenters. The highest BCUT2D eigenvalue weighted by Gasteiger charge is 2.21. The van der Waals surface area contributed by atoms with E-state index in [9.17, 15) is 4.79 Å². The summed E-state index contributed by atoms with van der Waals surface area (Å²) in [4.78, 5) is 18.7. The number of hydrogen-bond donors (Lipinski definition) is 2. The highest BCUT2D eigenvalue weighted by Crippen LogP contribution is 2.20. The Kier molecular flexibility index (Phi) is 4.42. The van der Waals surface area contributed by atoms with Gasteiger partial charge in [-0.25, -0.2) is 0 Å². The molecule has 1 heterocycles. The van der Waals surface area contributed by atoms with E-state index in [0.717, 1.165) is 5.69 Å². The molecule has 21 heavy (non-hydrogen) atoms. The summed E-state index contributed by atoms with van der Waals surface area (Å²) >= 11 is 0. The molecule has 0 bridgehead atoms. The molecule has 0 aliphatic rings. The maximum Gasteiger partial charge on any atom is 0.256 e. The van der Waals surface area contributed by atoms with Crippen LogP contribution in [0.1, 0.15) is 29.9 Å². The van der Waals surface area contributed by atoms with Gasteiger partial charge in [0.2, 0.25) is 0 Å². The van der Waals surface area contributed by atoms with E-state index < -0.39 is 0 Å². The lowest BCUT2D eigenvalue weighted by atomic mass is 10.1. The van der Waals surface area contributed by atoms with Gasteiger partial charge in [0.05, 0.1) is 17.8 Å². The molecular formula is C16H20N4O. The molecule has 5 nitrogen and oxygen atoms in total. The van der Waals surface area contributed by atoms with Crippen molar-refractivity contribution in [1.29, 1.82) is 0 Å². The molecule has 0 saturated heterocycles. The van der Waals surface area contributed by atoms with Gasteiger partial charge in [0, 0.05) is 23.6 Å². The average molecular weight is 284 g/mol. The Bertz CT molecular complexity index is 625. The monoisotopic (exact) mass is 284 g/mol. The molecule has 0 saturated carbocycles. The lowest BCUT2D eigenvalue weighted by molar-refractivity contribution is 0.0689. The lowest BCUT2D eigenvalue weighted by Gasteiger charge is -2.27. The number of benzene rings is 1. The van der Waals surface area contributed by atoms with Crippen molar-refractivity contribution in [1.82, 2.24) is 9.88 Å². The van der Waals surface area contributed by atoms with Gasteiger partial charge in [0.25, 0.3) is 5.91 Å². The molecule has 0 fully saturated rings. The third-order valence-corrected chi connectivity index (χ3v) is 3.25. The molecule has 1 aromatic carbocycles. The number of anilines is 2. The summed E-state index contributed by atoms with van der Waals surface area (Å²) in [5.74, 6) is -0.117. The molecule has 1 aromatic heterocycles. The van der Waals surface area contributed by atoms with Crippen molar-refractivity contribution in [3.8, 4) is 0 Å². The van der Waals surface area contributed by atoms with Crippen LogP contribution in [0.25, 0.3) is 0 Å². The van der Waals surface area contributed by atoms with Gasteiger partial charge < -0.3 is 16.4 Å². The molecule has 2 aromatic rings. The predicted molar refractivity (Wildman–Crippen MR) is 84.5 cm³/mol. The van der Waals surface area contributed by atoms with Crippen LogP contribution in [-0.2, 0) is 6.54 Å². The third-order valence-electron chi connectivity index (χ3n) is 3.25. The Morgan fingerprint density at radius 3 is 2.57 bits per heavy atom. The molecule has 0 spiro atoms. The van der Waals surface area contributed by atoms with Gasteiger partial charge in [-0.2, -0.15) is 0 Å². The van der Waals surface area contributed by atoms with Crippen LogP contribution < -0.4 is 11.5 Å². The molecule has 110 valence electrons. The summed E-state index contributed by atoms with van der Waals surface area (Å²) in [6.07, 6.45) is 1.72. The van der Waals surface area contributed by atoms with E-state index in [1.165, 1.54) is 0 Å². The number of rotatable bonds is 4. The molecule has 0 radical (unpaired) electrons. The third kappa shape index (κ3) is 3.51. The molecule has 4 N–H and O–H groups in total. The van der Waals surface area contributed by atoms with Gasteiger partial charge in [0.1, 0.15) is 0 Å². The first-order valence-corrected chi connectivity index (χ1v) is 6.85. The number of hydrogen-bond acceptors (Lipinski definition) is 4. The standard InChI is InChI=1S/C16H20N4O/c1-11(2)20(10-13-5-3-4-8-19-13)16(21)14-7-6-12(17)9-15(14)18/h3-9,11H,10,17-18H2,1-2H3. The summed E-state index contributed by atoms with van der Waals surface area (Å²) in [5, 5.41) is 0. The second-order valence-electron chi connectivity index (χ2n) is 5.19. The minimum Gasteiger partial charge on any atom is -0.399 e. The van der Waals surface area contributed by atoms with Crippen LogP contribution in [-0.4, -0.2) is 21.8 Å². The minimum atomic E-state index is -0.117. The van der Waals surface area contributed by atoms with E-state index in [-0.39, 0.29) is 11.9 Å². The van der Waals surface area contributed by atoms with Crippen LogP contribution in [0, 0.1) is 0 Å². The summed E-state index contributed by atoms with van der Waals surface area (Å²) in [6.45, 7) is 4.38. The molecule has 0 unspecified atom stereocenters. The Morgan fingerprint density at radius 2 is 2.00 bits per heavy atom. The first kappa shape index (κ1) is 14.8. The van der Waals surface area contributed by atoms with Crippen molar-refractivity contribution >= 4 is 17.3 Å². The number of pyridine rings is 1. The zero-order chi connectivity index (χ0) is 15.4. The van der Waals surface area contributed by atoms with Crippen LogP contribution in [0.15, 0.2) is 42.6 Å². The fraction of sp³-hybridized carbons (Fsp3) is 0.250. The van der Waals surface area contributed by atoms with Crippen molar-refractivity contribution in [2.45, 2.75) is 26.4 Å². The van der Waals surface area contributed by atoms with Crippen LogP contribution in [0.2, 0.25) is 0 Å². The van der Waals surface area contributed by atoms with Gasteiger partial charge in [0.15, 0.2) is 0 Å². The van der Waals surface area contributed by atoms with Crippen molar-refractivity contribution < 1.29 is 4.79 Å². The summed E-state index contributed by atoms with van der Waals surface area (Å²) in [7, 11) is 0. The number of carbonyl (C=O) groups is 1. The number of nitrogen functional groups attached to an aromatic ring is 2. The van der Waals surface area contributed by atoms with Crippen molar-refractivity contribution in [2.75, 3.05) is 11.5 Å². The van der Waals surface area contributed by atoms with E-state index in [4.69, 9.17) is 11.5 Å². The number of amides is 1. The van der Waals surface area contributed by atoms with E-state index in [2.05, 4.69) is 4.98 Å². The first-order chi connectivity index (χ1) is 9.99.